The largest absolute Gasteiger partial charge is 0.506 e. The highest BCUT2D eigenvalue weighted by Crippen LogP contribution is 2.43. The van der Waals surface area contributed by atoms with Crippen molar-refractivity contribution in [2.24, 2.45) is 5.10 Å². The van der Waals surface area contributed by atoms with Crippen molar-refractivity contribution in [1.82, 2.24) is 10.7 Å². The number of phenols is 2. The van der Waals surface area contributed by atoms with Crippen LogP contribution < -0.4 is 10.7 Å². The molecule has 0 saturated heterocycles. The van der Waals surface area contributed by atoms with E-state index in [2.05, 4.69) is 47.7 Å². The van der Waals surface area contributed by atoms with Crippen LogP contribution in [0.2, 0.25) is 0 Å². The monoisotopic (exact) mass is 577 g/mol. The number of benzene rings is 2. The lowest BCUT2D eigenvalue weighted by Gasteiger charge is -2.11. The summed E-state index contributed by atoms with van der Waals surface area (Å²) in [6, 6.07) is 12.2. The predicted octanol–water partition coefficient (Wildman–Crippen LogP) is 4.91. The number of amides is 2. The topological polar surface area (TPSA) is 111 Å². The molecule has 0 spiro atoms. The second kappa shape index (κ2) is 10.6. The summed E-state index contributed by atoms with van der Waals surface area (Å²) in [6.45, 7) is 1.67. The third-order valence-electron chi connectivity index (χ3n) is 4.33. The first-order valence-corrected chi connectivity index (χ1v) is 11.6. The zero-order valence-electron chi connectivity index (χ0n) is 16.6. The van der Waals surface area contributed by atoms with Crippen molar-refractivity contribution >= 4 is 67.3 Å². The van der Waals surface area contributed by atoms with Crippen LogP contribution in [0.15, 0.2) is 67.6 Å². The fourth-order valence-corrected chi connectivity index (χ4v) is 4.38. The molecule has 10 heteroatoms. The summed E-state index contributed by atoms with van der Waals surface area (Å²) in [7, 11) is 0. The third kappa shape index (κ3) is 5.45. The quantitative estimate of drug-likeness (QED) is 0.189. The average Bonchev–Trinajstić information content (AvgIpc) is 3.31. The first-order chi connectivity index (χ1) is 15.3. The predicted molar refractivity (Wildman–Crippen MR) is 132 cm³/mol. The van der Waals surface area contributed by atoms with Crippen LogP contribution in [0.3, 0.4) is 0 Å². The van der Waals surface area contributed by atoms with Crippen LogP contribution in [0, 0.1) is 6.92 Å². The molecule has 32 heavy (non-hydrogen) atoms. The Hall–Kier alpha value is -2.95. The number of nitrogens with zero attached hydrogens (tertiary/aromatic N) is 1. The minimum Gasteiger partial charge on any atom is -0.506 e. The van der Waals surface area contributed by atoms with Crippen molar-refractivity contribution in [3.8, 4) is 11.5 Å². The Kier molecular flexibility index (Phi) is 7.84. The van der Waals surface area contributed by atoms with E-state index in [0.717, 1.165) is 4.88 Å². The maximum Gasteiger partial charge on any atom is 0.287 e. The molecule has 2 aromatic carbocycles. The number of hydrogen-bond acceptors (Lipinski definition) is 6. The van der Waals surface area contributed by atoms with Gasteiger partial charge in [-0.1, -0.05) is 24.3 Å². The molecular formula is C22H17Br2N3O4S. The fraction of sp³-hybridized carbons (Fsp3) is 0.0455. The lowest BCUT2D eigenvalue weighted by molar-refractivity contribution is -0.117. The Morgan fingerprint density at radius 1 is 1.03 bits per heavy atom. The summed E-state index contributed by atoms with van der Waals surface area (Å²) in [5.41, 5.74) is 3.58. The number of halogens is 2. The zero-order chi connectivity index (χ0) is 23.3. The number of hydrogen-bond donors (Lipinski definition) is 4. The standard InChI is InChI=1S/C22H17Br2N3O4S/c1-12-15(19(28)18(24)20(29)17(12)23)11-25-27-22(31)16(10-14-8-5-9-32-14)26-21(30)13-6-3-2-4-7-13/h2-11,28-29H,1H3,(H,26,30)(H,27,31)/b16-10-,25-11+. The lowest BCUT2D eigenvalue weighted by atomic mass is 10.1. The highest BCUT2D eigenvalue weighted by molar-refractivity contribution is 9.11. The maximum atomic E-state index is 12.8. The normalized spacial score (nSPS) is 11.5. The molecule has 164 valence electrons. The van der Waals surface area contributed by atoms with E-state index in [1.54, 1.807) is 43.3 Å². The van der Waals surface area contributed by atoms with E-state index in [0.29, 0.717) is 21.2 Å². The number of nitrogens with one attached hydrogen (secondary N) is 2. The smallest absolute Gasteiger partial charge is 0.287 e. The molecule has 0 aliphatic rings. The molecule has 7 nitrogen and oxygen atoms in total. The molecule has 3 aromatic rings. The Bertz CT molecular complexity index is 1180. The molecule has 0 radical (unpaired) electrons. The fourth-order valence-electron chi connectivity index (χ4n) is 2.63. The summed E-state index contributed by atoms with van der Waals surface area (Å²) in [5, 5.41) is 28.6. The van der Waals surface area contributed by atoms with Gasteiger partial charge in [0, 0.05) is 16.0 Å². The van der Waals surface area contributed by atoms with Gasteiger partial charge >= 0.3 is 0 Å². The van der Waals surface area contributed by atoms with Gasteiger partial charge < -0.3 is 15.5 Å². The molecule has 0 bridgehead atoms. The second-order valence-electron chi connectivity index (χ2n) is 6.46. The molecular weight excluding hydrogens is 562 g/mol. The Labute approximate surface area is 204 Å². The molecule has 4 N–H and O–H groups in total. The minimum absolute atomic E-state index is 0.00691. The summed E-state index contributed by atoms with van der Waals surface area (Å²) < 4.78 is 0.472. The summed E-state index contributed by atoms with van der Waals surface area (Å²) in [6.07, 6.45) is 2.80. The van der Waals surface area contributed by atoms with Crippen LogP contribution in [0.1, 0.15) is 26.4 Å². The number of carbonyl (C=O) groups excluding carboxylic acids is 2. The minimum atomic E-state index is -0.645. The number of thiophene rings is 1. The summed E-state index contributed by atoms with van der Waals surface area (Å²) >= 11 is 7.76. The van der Waals surface area contributed by atoms with Gasteiger partial charge in [-0.2, -0.15) is 5.10 Å². The van der Waals surface area contributed by atoms with Gasteiger partial charge in [0.1, 0.15) is 21.7 Å². The Morgan fingerprint density at radius 2 is 1.75 bits per heavy atom. The van der Waals surface area contributed by atoms with E-state index in [-0.39, 0.29) is 21.7 Å². The van der Waals surface area contributed by atoms with Gasteiger partial charge in [-0.3, -0.25) is 9.59 Å². The van der Waals surface area contributed by atoms with E-state index in [1.165, 1.54) is 17.6 Å². The van der Waals surface area contributed by atoms with E-state index < -0.39 is 11.8 Å². The Balaban J connectivity index is 1.83. The molecule has 1 aromatic heterocycles. The van der Waals surface area contributed by atoms with Gasteiger partial charge in [-0.25, -0.2) is 5.43 Å². The molecule has 0 aliphatic carbocycles. The number of phenolic OH excluding ortho intramolecular Hbond substituents is 2. The molecule has 0 saturated carbocycles. The lowest BCUT2D eigenvalue weighted by Crippen LogP contribution is -2.32. The van der Waals surface area contributed by atoms with Crippen molar-refractivity contribution in [3.63, 3.8) is 0 Å². The molecule has 0 fully saturated rings. The van der Waals surface area contributed by atoms with Gasteiger partial charge in [0.15, 0.2) is 0 Å². The molecule has 2 amide bonds. The van der Waals surface area contributed by atoms with Crippen LogP contribution in [0.4, 0.5) is 0 Å². The molecule has 0 aliphatic heterocycles. The second-order valence-corrected chi connectivity index (χ2v) is 9.02. The van der Waals surface area contributed by atoms with Crippen LogP contribution >= 0.6 is 43.2 Å². The SMILES string of the molecule is Cc1c(Br)c(O)c(Br)c(O)c1/C=N/NC(=O)/C(=C/c1cccs1)NC(=O)c1ccccc1. The molecule has 0 unspecified atom stereocenters. The van der Waals surface area contributed by atoms with Crippen LogP contribution in [0.5, 0.6) is 11.5 Å². The van der Waals surface area contributed by atoms with Crippen molar-refractivity contribution < 1.29 is 19.8 Å². The molecule has 1 heterocycles. The van der Waals surface area contributed by atoms with Crippen LogP contribution in [-0.4, -0.2) is 28.2 Å². The van der Waals surface area contributed by atoms with E-state index in [1.807, 2.05) is 17.5 Å². The highest BCUT2D eigenvalue weighted by Gasteiger charge is 2.18. The van der Waals surface area contributed by atoms with E-state index in [9.17, 15) is 19.8 Å². The van der Waals surface area contributed by atoms with Crippen molar-refractivity contribution in [2.75, 3.05) is 0 Å². The number of aromatic hydroxyl groups is 2. The van der Waals surface area contributed by atoms with Crippen molar-refractivity contribution in [3.05, 3.63) is 84.1 Å². The summed E-state index contributed by atoms with van der Waals surface area (Å²) in [4.78, 5) is 26.1. The number of carbonyl (C=O) groups is 2. The average molecular weight is 579 g/mol. The summed E-state index contributed by atoms with van der Waals surface area (Å²) in [5.74, 6) is -1.46. The maximum absolute atomic E-state index is 12.8. The van der Waals surface area contributed by atoms with Gasteiger partial charge in [0.05, 0.1) is 10.7 Å². The van der Waals surface area contributed by atoms with E-state index >= 15 is 0 Å². The van der Waals surface area contributed by atoms with Crippen LogP contribution in [-0.2, 0) is 4.79 Å². The van der Waals surface area contributed by atoms with Crippen LogP contribution in [0.25, 0.3) is 6.08 Å². The van der Waals surface area contributed by atoms with Crippen molar-refractivity contribution in [2.45, 2.75) is 6.92 Å². The number of hydrazone groups is 1. The third-order valence-corrected chi connectivity index (χ3v) is 6.87. The first kappa shape index (κ1) is 23.7. The molecule has 0 atom stereocenters. The Morgan fingerprint density at radius 3 is 2.41 bits per heavy atom. The van der Waals surface area contributed by atoms with Gasteiger partial charge in [-0.15, -0.1) is 11.3 Å². The molecule has 3 rings (SSSR count). The number of rotatable bonds is 6. The van der Waals surface area contributed by atoms with Gasteiger partial charge in [0.25, 0.3) is 11.8 Å². The van der Waals surface area contributed by atoms with E-state index in [4.69, 9.17) is 0 Å². The first-order valence-electron chi connectivity index (χ1n) is 9.14. The zero-order valence-corrected chi connectivity index (χ0v) is 20.6. The highest BCUT2D eigenvalue weighted by atomic mass is 79.9. The van der Waals surface area contributed by atoms with Gasteiger partial charge in [0.2, 0.25) is 0 Å². The van der Waals surface area contributed by atoms with Crippen molar-refractivity contribution in [1.29, 1.82) is 0 Å². The van der Waals surface area contributed by atoms with Gasteiger partial charge in [-0.05, 0) is 74.0 Å².